The second-order valence-corrected chi connectivity index (χ2v) is 14.3. The van der Waals surface area contributed by atoms with Gasteiger partial charge < -0.3 is 19.7 Å². The average Bonchev–Trinajstić information content (AvgIpc) is 3.09. The molecule has 254 valence electrons. The lowest BCUT2D eigenvalue weighted by atomic mass is 10.0. The summed E-state index contributed by atoms with van der Waals surface area (Å²) in [6, 6.07) is 27.0. The summed E-state index contributed by atoms with van der Waals surface area (Å²) in [7, 11) is -1.42. The molecule has 4 aromatic rings. The van der Waals surface area contributed by atoms with Crippen molar-refractivity contribution in [2.45, 2.75) is 57.1 Å². The van der Waals surface area contributed by atoms with Gasteiger partial charge >= 0.3 is 0 Å². The van der Waals surface area contributed by atoms with Gasteiger partial charge in [0.2, 0.25) is 11.8 Å². The number of sulfonamides is 1. The molecule has 0 fully saturated rings. The van der Waals surface area contributed by atoms with Crippen molar-refractivity contribution in [1.29, 1.82) is 0 Å². The third-order valence-corrected chi connectivity index (χ3v) is 10.4. The van der Waals surface area contributed by atoms with Crippen molar-refractivity contribution in [3.05, 3.63) is 118 Å². The number of methoxy groups -OCH3 is 2. The highest BCUT2D eigenvalue weighted by Gasteiger charge is 2.36. The van der Waals surface area contributed by atoms with E-state index in [1.165, 1.54) is 37.3 Å². The molecule has 0 aliphatic heterocycles. The maximum Gasteiger partial charge on any atom is 0.264 e. The first kappa shape index (κ1) is 36.5. The fourth-order valence-corrected chi connectivity index (χ4v) is 6.80. The van der Waals surface area contributed by atoms with E-state index in [1.807, 2.05) is 75.4 Å². The van der Waals surface area contributed by atoms with Crippen LogP contribution in [0, 0.1) is 6.92 Å². The van der Waals surface area contributed by atoms with E-state index in [2.05, 4.69) is 21.2 Å². The Morgan fingerprint density at radius 2 is 1.54 bits per heavy atom. The molecule has 48 heavy (non-hydrogen) atoms. The highest BCUT2D eigenvalue weighted by molar-refractivity contribution is 9.10. The summed E-state index contributed by atoms with van der Waals surface area (Å²) in [5.74, 6) is -0.290. The Morgan fingerprint density at radius 1 is 0.875 bits per heavy atom. The summed E-state index contributed by atoms with van der Waals surface area (Å²) in [6.45, 7) is 5.18. The van der Waals surface area contributed by atoms with Crippen LogP contribution in [-0.4, -0.2) is 58.0 Å². The van der Waals surface area contributed by atoms with Crippen LogP contribution in [0.2, 0.25) is 0 Å². The van der Waals surface area contributed by atoms with E-state index in [-0.39, 0.29) is 41.2 Å². The lowest BCUT2D eigenvalue weighted by molar-refractivity contribution is -0.140. The predicted octanol–water partition coefficient (Wildman–Crippen LogP) is 6.52. The standard InChI is InChI=1S/C37H42BrN3O6S/c1-6-27(3)39-37(43)34(22-28-10-8-7-9-11-28)40(24-29-14-16-30(38)17-15-29)36(42)25-41(33-23-31(46-4)18-21-35(33)47-5)48(44,45)32-19-12-26(2)13-20-32/h7-21,23,27,34H,6,22,24-25H2,1-5H3,(H,39,43)/t27-,34-/m1/s1. The molecule has 2 amide bonds. The largest absolute Gasteiger partial charge is 0.497 e. The van der Waals surface area contributed by atoms with Gasteiger partial charge in [0.15, 0.2) is 0 Å². The van der Waals surface area contributed by atoms with Crippen LogP contribution in [0.25, 0.3) is 0 Å². The van der Waals surface area contributed by atoms with Crippen molar-refractivity contribution < 1.29 is 27.5 Å². The molecule has 2 atom stereocenters. The number of hydrogen-bond donors (Lipinski definition) is 1. The fraction of sp³-hybridized carbons (Fsp3) is 0.297. The average molecular weight is 737 g/mol. The van der Waals surface area contributed by atoms with Crippen LogP contribution in [-0.2, 0) is 32.6 Å². The molecule has 0 bridgehead atoms. The molecule has 0 radical (unpaired) electrons. The first-order valence-electron chi connectivity index (χ1n) is 15.7. The van der Waals surface area contributed by atoms with Gasteiger partial charge in [0.1, 0.15) is 24.1 Å². The van der Waals surface area contributed by atoms with Gasteiger partial charge in [0.25, 0.3) is 10.0 Å². The van der Waals surface area contributed by atoms with Crippen LogP contribution in [0.4, 0.5) is 5.69 Å². The number of halogens is 1. The highest BCUT2D eigenvalue weighted by atomic mass is 79.9. The molecule has 0 saturated carbocycles. The molecule has 4 rings (SSSR count). The summed E-state index contributed by atoms with van der Waals surface area (Å²) in [4.78, 5) is 30.2. The monoisotopic (exact) mass is 735 g/mol. The first-order chi connectivity index (χ1) is 23.0. The van der Waals surface area contributed by atoms with E-state index in [9.17, 15) is 18.0 Å². The quantitative estimate of drug-likeness (QED) is 0.149. The summed E-state index contributed by atoms with van der Waals surface area (Å²) in [6.07, 6.45) is 0.918. The lowest BCUT2D eigenvalue weighted by Crippen LogP contribution is -2.54. The molecule has 1 N–H and O–H groups in total. The molecule has 0 aromatic heterocycles. The predicted molar refractivity (Wildman–Crippen MR) is 192 cm³/mol. The van der Waals surface area contributed by atoms with Gasteiger partial charge in [0.05, 0.1) is 24.8 Å². The summed E-state index contributed by atoms with van der Waals surface area (Å²) in [5, 5.41) is 3.05. The van der Waals surface area contributed by atoms with E-state index in [1.54, 1.807) is 24.3 Å². The van der Waals surface area contributed by atoms with E-state index in [4.69, 9.17) is 9.47 Å². The van der Waals surface area contributed by atoms with Crippen LogP contribution in [0.15, 0.2) is 106 Å². The van der Waals surface area contributed by atoms with Gasteiger partial charge in [-0.1, -0.05) is 83.0 Å². The van der Waals surface area contributed by atoms with E-state index in [0.717, 1.165) is 25.5 Å². The fourth-order valence-electron chi connectivity index (χ4n) is 5.12. The molecule has 4 aromatic carbocycles. The number of ether oxygens (including phenoxy) is 2. The third kappa shape index (κ3) is 9.17. The zero-order valence-electron chi connectivity index (χ0n) is 27.9. The van der Waals surface area contributed by atoms with Crippen LogP contribution >= 0.6 is 15.9 Å². The van der Waals surface area contributed by atoms with Crippen LogP contribution < -0.4 is 19.1 Å². The summed E-state index contributed by atoms with van der Waals surface area (Å²) in [5.41, 5.74) is 2.63. The minimum atomic E-state index is -4.32. The number of hydrogen-bond acceptors (Lipinski definition) is 6. The number of amides is 2. The van der Waals surface area contributed by atoms with E-state index in [0.29, 0.717) is 12.2 Å². The summed E-state index contributed by atoms with van der Waals surface area (Å²) < 4.78 is 41.8. The van der Waals surface area contributed by atoms with Crippen molar-refractivity contribution in [2.24, 2.45) is 0 Å². The number of rotatable bonds is 15. The highest BCUT2D eigenvalue weighted by Crippen LogP contribution is 2.36. The first-order valence-corrected chi connectivity index (χ1v) is 17.9. The Kier molecular flexibility index (Phi) is 12.7. The summed E-state index contributed by atoms with van der Waals surface area (Å²) >= 11 is 3.46. The van der Waals surface area contributed by atoms with Crippen molar-refractivity contribution in [1.82, 2.24) is 10.2 Å². The smallest absolute Gasteiger partial charge is 0.264 e. The van der Waals surface area contributed by atoms with Crippen molar-refractivity contribution in [2.75, 3.05) is 25.1 Å². The van der Waals surface area contributed by atoms with E-state index < -0.39 is 28.5 Å². The second-order valence-electron chi connectivity index (χ2n) is 11.5. The van der Waals surface area contributed by atoms with Crippen LogP contribution in [0.3, 0.4) is 0 Å². The minimum Gasteiger partial charge on any atom is -0.497 e. The van der Waals surface area contributed by atoms with Crippen LogP contribution in [0.5, 0.6) is 11.5 Å². The second kappa shape index (κ2) is 16.7. The Balaban J connectivity index is 1.87. The molecular weight excluding hydrogens is 694 g/mol. The van der Waals surface area contributed by atoms with Crippen molar-refractivity contribution in [3.63, 3.8) is 0 Å². The molecule has 0 aliphatic carbocycles. The maximum absolute atomic E-state index is 14.7. The number of nitrogens with one attached hydrogen (secondary N) is 1. The molecule has 11 heteroatoms. The number of nitrogens with zero attached hydrogens (tertiary/aromatic N) is 2. The Labute approximate surface area is 292 Å². The van der Waals surface area contributed by atoms with Gasteiger partial charge in [-0.15, -0.1) is 0 Å². The Hall–Kier alpha value is -4.35. The molecule has 0 heterocycles. The zero-order valence-corrected chi connectivity index (χ0v) is 30.3. The Bertz CT molecular complexity index is 1780. The van der Waals surface area contributed by atoms with Gasteiger partial charge in [-0.25, -0.2) is 8.42 Å². The molecule has 0 aliphatic rings. The van der Waals surface area contributed by atoms with Gasteiger partial charge in [-0.2, -0.15) is 0 Å². The molecule has 0 spiro atoms. The van der Waals surface area contributed by atoms with Gasteiger partial charge in [0, 0.05) is 29.5 Å². The number of carbonyl (C=O) groups excluding carboxylic acids is 2. The van der Waals surface area contributed by atoms with Gasteiger partial charge in [-0.3, -0.25) is 13.9 Å². The zero-order chi connectivity index (χ0) is 34.8. The molecular formula is C37H42BrN3O6S. The Morgan fingerprint density at radius 3 is 2.15 bits per heavy atom. The number of anilines is 1. The minimum absolute atomic E-state index is 0.000539. The molecule has 9 nitrogen and oxygen atoms in total. The normalized spacial score (nSPS) is 12.5. The van der Waals surface area contributed by atoms with Gasteiger partial charge in [-0.05, 0) is 67.8 Å². The van der Waals surface area contributed by atoms with Crippen molar-refractivity contribution >= 4 is 43.5 Å². The number of benzene rings is 4. The number of carbonyl (C=O) groups is 2. The SMILES string of the molecule is CC[C@@H](C)NC(=O)[C@@H](Cc1ccccc1)N(Cc1ccc(Br)cc1)C(=O)CN(c1cc(OC)ccc1OC)S(=O)(=O)c1ccc(C)cc1. The topological polar surface area (TPSA) is 105 Å². The number of aryl methyl sites for hydroxylation is 1. The van der Waals surface area contributed by atoms with E-state index >= 15 is 0 Å². The molecule has 0 unspecified atom stereocenters. The molecule has 0 saturated heterocycles. The lowest BCUT2D eigenvalue weighted by Gasteiger charge is -2.34. The maximum atomic E-state index is 14.7. The van der Waals surface area contributed by atoms with Crippen LogP contribution in [0.1, 0.15) is 37.0 Å². The van der Waals surface area contributed by atoms with Crippen molar-refractivity contribution in [3.8, 4) is 11.5 Å². The third-order valence-electron chi connectivity index (χ3n) is 8.08.